The minimum absolute atomic E-state index is 0.0657. The van der Waals surface area contributed by atoms with E-state index in [-0.39, 0.29) is 17.6 Å². The van der Waals surface area contributed by atoms with Crippen LogP contribution in [0.5, 0.6) is 5.88 Å². The molecular weight excluding hydrogens is 318 g/mol. The van der Waals surface area contributed by atoms with Crippen LogP contribution in [0.15, 0.2) is 24.0 Å². The number of likely N-dealkylation sites (tertiary alicyclic amines) is 1. The van der Waals surface area contributed by atoms with E-state index >= 15 is 0 Å². The largest absolute Gasteiger partial charge is 0.473 e. The highest BCUT2D eigenvalue weighted by Crippen LogP contribution is 2.36. The van der Waals surface area contributed by atoms with E-state index in [9.17, 15) is 4.79 Å². The minimum atomic E-state index is -0.245. The summed E-state index contributed by atoms with van der Waals surface area (Å²) in [6, 6.07) is 0. The lowest BCUT2D eigenvalue weighted by Crippen LogP contribution is -2.67. The number of amides is 1. The fourth-order valence-electron chi connectivity index (χ4n) is 4.00. The third-order valence-corrected chi connectivity index (χ3v) is 5.28. The van der Waals surface area contributed by atoms with Crippen LogP contribution in [0.3, 0.4) is 0 Å². The zero-order chi connectivity index (χ0) is 17.3. The van der Waals surface area contributed by atoms with E-state index in [2.05, 4.69) is 16.0 Å². The van der Waals surface area contributed by atoms with Crippen molar-refractivity contribution in [2.45, 2.75) is 57.2 Å². The summed E-state index contributed by atoms with van der Waals surface area (Å²) >= 11 is 0. The van der Waals surface area contributed by atoms with Crippen LogP contribution >= 0.6 is 0 Å². The maximum Gasteiger partial charge on any atom is 0.249 e. The predicted molar refractivity (Wildman–Crippen MR) is 92.2 cm³/mol. The number of carbonyl (C=O) groups is 1. The summed E-state index contributed by atoms with van der Waals surface area (Å²) in [5, 5.41) is 0. The van der Waals surface area contributed by atoms with Crippen molar-refractivity contribution in [3.05, 3.63) is 29.7 Å². The molecular formula is C19H25N3O3. The number of hydrogen-bond acceptors (Lipinski definition) is 5. The molecule has 1 amide bonds. The Kier molecular flexibility index (Phi) is 4.46. The smallest absolute Gasteiger partial charge is 0.249 e. The molecule has 1 atom stereocenters. The molecule has 0 radical (unpaired) electrons. The second-order valence-corrected chi connectivity index (χ2v) is 7.40. The monoisotopic (exact) mass is 343 g/mol. The van der Waals surface area contributed by atoms with Crippen molar-refractivity contribution in [2.24, 2.45) is 0 Å². The Labute approximate surface area is 148 Å². The number of carbonyl (C=O) groups excluding carboxylic acids is 1. The highest BCUT2D eigenvalue weighted by atomic mass is 16.5. The Hall–Kier alpha value is -1.95. The van der Waals surface area contributed by atoms with Gasteiger partial charge in [-0.2, -0.15) is 0 Å². The first kappa shape index (κ1) is 16.5. The van der Waals surface area contributed by atoms with E-state index < -0.39 is 0 Å². The Morgan fingerprint density at radius 2 is 2.24 bits per heavy atom. The van der Waals surface area contributed by atoms with E-state index in [0.29, 0.717) is 25.6 Å². The molecule has 0 saturated carbocycles. The minimum Gasteiger partial charge on any atom is -0.473 e. The molecule has 3 heterocycles. The van der Waals surface area contributed by atoms with Crippen molar-refractivity contribution >= 4 is 5.91 Å². The quantitative estimate of drug-likeness (QED) is 0.843. The van der Waals surface area contributed by atoms with Crippen LogP contribution < -0.4 is 4.74 Å². The maximum atomic E-state index is 12.6. The molecule has 3 aliphatic rings. The maximum absolute atomic E-state index is 12.6. The standard InChI is InChI=1S/C19H25N3O3/c1-14-10-20-11-17(21-14)25-16-7-8-24-19(9-16)12-22(13-19)18(23)15-5-3-2-4-6-15/h5,10-11,16H,2-4,6-9,12-13H2,1H3/t16-/m0/s1. The molecule has 2 fully saturated rings. The molecule has 0 aromatic carbocycles. The number of ether oxygens (including phenoxy) is 2. The SMILES string of the molecule is Cc1cncc(O[C@H]2CCOC3(C2)CN(C(=O)C2=CCCCC2)C3)n1. The van der Waals surface area contributed by atoms with Crippen molar-refractivity contribution in [3.8, 4) is 5.88 Å². The van der Waals surface area contributed by atoms with Gasteiger partial charge in [-0.15, -0.1) is 0 Å². The van der Waals surface area contributed by atoms with Gasteiger partial charge in [0.05, 0.1) is 31.6 Å². The van der Waals surface area contributed by atoms with E-state index in [1.165, 1.54) is 6.42 Å². The van der Waals surface area contributed by atoms with E-state index in [1.807, 2.05) is 11.8 Å². The molecule has 1 spiro atoms. The Morgan fingerprint density at radius 1 is 1.36 bits per heavy atom. The van der Waals surface area contributed by atoms with Crippen molar-refractivity contribution in [1.29, 1.82) is 0 Å². The molecule has 1 aromatic heterocycles. The average Bonchev–Trinajstić information content (AvgIpc) is 2.60. The van der Waals surface area contributed by atoms with Gasteiger partial charge < -0.3 is 14.4 Å². The topological polar surface area (TPSA) is 64.6 Å². The van der Waals surface area contributed by atoms with Crippen LogP contribution in [0.25, 0.3) is 0 Å². The van der Waals surface area contributed by atoms with Gasteiger partial charge in [0.25, 0.3) is 0 Å². The normalized spacial score (nSPS) is 25.2. The highest BCUT2D eigenvalue weighted by Gasteiger charge is 2.50. The fourth-order valence-corrected chi connectivity index (χ4v) is 4.00. The van der Waals surface area contributed by atoms with Crippen LogP contribution in [0, 0.1) is 6.92 Å². The summed E-state index contributed by atoms with van der Waals surface area (Å²) in [4.78, 5) is 23.0. The molecule has 1 aliphatic carbocycles. The first-order valence-corrected chi connectivity index (χ1v) is 9.21. The summed E-state index contributed by atoms with van der Waals surface area (Å²) in [7, 11) is 0. The van der Waals surface area contributed by atoms with Gasteiger partial charge >= 0.3 is 0 Å². The fraction of sp³-hybridized carbons (Fsp3) is 0.632. The number of aryl methyl sites for hydroxylation is 1. The molecule has 1 aromatic rings. The molecule has 6 nitrogen and oxygen atoms in total. The number of nitrogens with zero attached hydrogens (tertiary/aromatic N) is 3. The van der Waals surface area contributed by atoms with Crippen LogP contribution in [0.2, 0.25) is 0 Å². The number of aromatic nitrogens is 2. The predicted octanol–water partition coefficient (Wildman–Crippen LogP) is 2.42. The molecule has 0 unspecified atom stereocenters. The van der Waals surface area contributed by atoms with Gasteiger partial charge in [0.2, 0.25) is 11.8 Å². The van der Waals surface area contributed by atoms with Gasteiger partial charge in [0.1, 0.15) is 11.7 Å². The number of hydrogen-bond donors (Lipinski definition) is 0. The lowest BCUT2D eigenvalue weighted by molar-refractivity contribution is -0.191. The van der Waals surface area contributed by atoms with Gasteiger partial charge in [-0.3, -0.25) is 9.78 Å². The van der Waals surface area contributed by atoms with E-state index in [1.54, 1.807) is 12.4 Å². The molecule has 134 valence electrons. The number of rotatable bonds is 3. The lowest BCUT2D eigenvalue weighted by atomic mass is 9.83. The second-order valence-electron chi connectivity index (χ2n) is 7.40. The molecule has 2 saturated heterocycles. The summed E-state index contributed by atoms with van der Waals surface area (Å²) in [5.41, 5.74) is 1.59. The van der Waals surface area contributed by atoms with Gasteiger partial charge in [0.15, 0.2) is 0 Å². The molecule has 25 heavy (non-hydrogen) atoms. The van der Waals surface area contributed by atoms with Crippen molar-refractivity contribution in [3.63, 3.8) is 0 Å². The average molecular weight is 343 g/mol. The third kappa shape index (κ3) is 3.54. The molecule has 4 rings (SSSR count). The summed E-state index contributed by atoms with van der Waals surface area (Å²) in [5.74, 6) is 0.767. The van der Waals surface area contributed by atoms with E-state index in [0.717, 1.165) is 43.4 Å². The molecule has 2 aliphatic heterocycles. The summed E-state index contributed by atoms with van der Waals surface area (Å²) in [6.07, 6.45) is 11.5. The van der Waals surface area contributed by atoms with Gasteiger partial charge in [-0.05, 0) is 32.6 Å². The van der Waals surface area contributed by atoms with E-state index in [4.69, 9.17) is 9.47 Å². The van der Waals surface area contributed by atoms with Gasteiger partial charge in [-0.1, -0.05) is 6.08 Å². The van der Waals surface area contributed by atoms with Gasteiger partial charge in [0, 0.05) is 24.6 Å². The first-order valence-electron chi connectivity index (χ1n) is 9.21. The van der Waals surface area contributed by atoms with Crippen molar-refractivity contribution < 1.29 is 14.3 Å². The van der Waals surface area contributed by atoms with Crippen molar-refractivity contribution in [1.82, 2.24) is 14.9 Å². The second kappa shape index (κ2) is 6.75. The molecule has 0 bridgehead atoms. The van der Waals surface area contributed by atoms with Crippen LogP contribution in [0.1, 0.15) is 44.2 Å². The van der Waals surface area contributed by atoms with Crippen LogP contribution in [-0.4, -0.2) is 52.2 Å². The Balaban J connectivity index is 1.34. The summed E-state index contributed by atoms with van der Waals surface area (Å²) < 4.78 is 12.0. The Morgan fingerprint density at radius 3 is 3.00 bits per heavy atom. The molecule has 0 N–H and O–H groups in total. The first-order chi connectivity index (χ1) is 12.1. The van der Waals surface area contributed by atoms with Crippen LogP contribution in [0.4, 0.5) is 0 Å². The van der Waals surface area contributed by atoms with Crippen molar-refractivity contribution in [2.75, 3.05) is 19.7 Å². The van der Waals surface area contributed by atoms with Gasteiger partial charge in [-0.25, -0.2) is 4.98 Å². The zero-order valence-electron chi connectivity index (χ0n) is 14.7. The summed E-state index contributed by atoms with van der Waals surface area (Å²) in [6.45, 7) is 3.90. The molecule has 6 heteroatoms. The highest BCUT2D eigenvalue weighted by molar-refractivity contribution is 5.94. The lowest BCUT2D eigenvalue weighted by Gasteiger charge is -2.53. The van der Waals surface area contributed by atoms with Crippen LogP contribution in [-0.2, 0) is 9.53 Å². The number of allylic oxidation sites excluding steroid dienone is 1. The Bertz CT molecular complexity index is 682. The zero-order valence-corrected chi connectivity index (χ0v) is 14.7. The third-order valence-electron chi connectivity index (χ3n) is 5.28.